The Kier molecular flexibility index (Phi) is 4.92. The van der Waals surface area contributed by atoms with Crippen LogP contribution in [-0.4, -0.2) is 42.7 Å². The van der Waals surface area contributed by atoms with E-state index in [1.165, 1.54) is 13.2 Å². The van der Waals surface area contributed by atoms with E-state index < -0.39 is 36.4 Å². The van der Waals surface area contributed by atoms with Crippen LogP contribution in [-0.2, 0) is 14.3 Å². The molecule has 1 fully saturated rings. The van der Waals surface area contributed by atoms with E-state index in [0.29, 0.717) is 18.4 Å². The summed E-state index contributed by atoms with van der Waals surface area (Å²) < 4.78 is 30.0. The van der Waals surface area contributed by atoms with Crippen LogP contribution in [0.2, 0.25) is 0 Å². The number of alkyl halides is 2. The normalized spacial score (nSPS) is 32.4. The molecule has 4 unspecified atom stereocenters. The van der Waals surface area contributed by atoms with E-state index in [0.717, 1.165) is 0 Å². The third-order valence-electron chi connectivity index (χ3n) is 4.32. The van der Waals surface area contributed by atoms with E-state index in [9.17, 15) is 23.5 Å². The number of ether oxygens (including phenoxy) is 1. The number of aliphatic carboxylic acids is 1. The molecule has 0 radical (unpaired) electrons. The lowest BCUT2D eigenvalue weighted by molar-refractivity contribution is -0.152. The first-order valence-corrected chi connectivity index (χ1v) is 6.98. The second kappa shape index (κ2) is 6.51. The largest absolute Gasteiger partial charge is 0.481 e. The molecule has 0 spiro atoms. The van der Waals surface area contributed by atoms with Gasteiger partial charge in [-0.05, 0) is 19.3 Å². The second-order valence-electron chi connectivity index (χ2n) is 5.51. The van der Waals surface area contributed by atoms with Gasteiger partial charge in [-0.25, -0.2) is 8.78 Å². The molecule has 0 saturated heterocycles. The number of halogens is 2. The number of carboxylic acids is 1. The molecule has 1 heterocycles. The molecule has 5 nitrogen and oxygen atoms in total. The number of hydrogen-bond donors (Lipinski definition) is 2. The van der Waals surface area contributed by atoms with Crippen LogP contribution in [0, 0.1) is 11.8 Å². The van der Waals surface area contributed by atoms with Crippen molar-refractivity contribution in [2.75, 3.05) is 7.11 Å². The summed E-state index contributed by atoms with van der Waals surface area (Å²) in [6.45, 7) is 0. The third-order valence-corrected chi connectivity index (χ3v) is 4.32. The van der Waals surface area contributed by atoms with Crippen molar-refractivity contribution in [3.05, 3.63) is 11.6 Å². The molecule has 21 heavy (non-hydrogen) atoms. The van der Waals surface area contributed by atoms with Gasteiger partial charge in [0, 0.05) is 25.5 Å². The van der Waals surface area contributed by atoms with Crippen LogP contribution in [0.15, 0.2) is 11.6 Å². The van der Waals surface area contributed by atoms with Crippen LogP contribution >= 0.6 is 0 Å². The molecule has 2 rings (SSSR count). The van der Waals surface area contributed by atoms with Gasteiger partial charge >= 0.3 is 5.97 Å². The summed E-state index contributed by atoms with van der Waals surface area (Å²) in [6, 6.07) is -0.591. The number of nitrogens with one attached hydrogen (secondary N) is 1. The van der Waals surface area contributed by atoms with Gasteiger partial charge in [-0.2, -0.15) is 0 Å². The van der Waals surface area contributed by atoms with Crippen molar-refractivity contribution in [1.29, 1.82) is 0 Å². The Morgan fingerprint density at radius 1 is 1.52 bits per heavy atom. The van der Waals surface area contributed by atoms with Gasteiger partial charge in [0.2, 0.25) is 12.3 Å². The number of carbonyl (C=O) groups excluding carboxylic acids is 1. The van der Waals surface area contributed by atoms with E-state index in [1.807, 2.05) is 0 Å². The van der Waals surface area contributed by atoms with Crippen LogP contribution < -0.4 is 5.32 Å². The van der Waals surface area contributed by atoms with Gasteiger partial charge < -0.3 is 15.2 Å². The summed E-state index contributed by atoms with van der Waals surface area (Å²) in [4.78, 5) is 23.2. The smallest absolute Gasteiger partial charge is 0.311 e. The fourth-order valence-corrected chi connectivity index (χ4v) is 3.38. The first-order chi connectivity index (χ1) is 9.93. The van der Waals surface area contributed by atoms with Crippen molar-refractivity contribution in [2.45, 2.75) is 44.3 Å². The summed E-state index contributed by atoms with van der Waals surface area (Å²) in [6.07, 6.45) is -0.586. The van der Waals surface area contributed by atoms with Crippen LogP contribution in [0.25, 0.3) is 0 Å². The lowest BCUT2D eigenvalue weighted by atomic mass is 9.69. The Balaban J connectivity index is 2.22. The maximum atomic E-state index is 12.4. The van der Waals surface area contributed by atoms with E-state index in [4.69, 9.17) is 4.74 Å². The summed E-state index contributed by atoms with van der Waals surface area (Å²) in [5, 5.41) is 12.1. The highest BCUT2D eigenvalue weighted by molar-refractivity contribution is 5.90. The van der Waals surface area contributed by atoms with E-state index in [2.05, 4.69) is 5.32 Å². The van der Waals surface area contributed by atoms with E-state index >= 15 is 0 Å². The number of carboxylic acid groups (broad SMARTS) is 1. The molecular formula is C14H19F2NO4. The molecule has 1 aliphatic carbocycles. The molecule has 1 amide bonds. The first kappa shape index (κ1) is 15.9. The summed E-state index contributed by atoms with van der Waals surface area (Å²) in [5.74, 6) is -2.50. The van der Waals surface area contributed by atoms with E-state index in [1.54, 1.807) is 0 Å². The molecule has 118 valence electrons. The van der Waals surface area contributed by atoms with Crippen LogP contribution in [0.3, 0.4) is 0 Å². The highest BCUT2D eigenvalue weighted by Gasteiger charge is 2.47. The molecule has 0 aromatic carbocycles. The number of amides is 1. The minimum Gasteiger partial charge on any atom is -0.481 e. The monoisotopic (exact) mass is 303 g/mol. The maximum Gasteiger partial charge on any atom is 0.311 e. The number of methoxy groups -OCH3 is 1. The van der Waals surface area contributed by atoms with Crippen molar-refractivity contribution in [3.8, 4) is 0 Å². The Hall–Kier alpha value is -1.50. The quantitative estimate of drug-likeness (QED) is 0.808. The topological polar surface area (TPSA) is 75.6 Å². The van der Waals surface area contributed by atoms with Crippen LogP contribution in [0.5, 0.6) is 0 Å². The Bertz CT molecular complexity index is 452. The Morgan fingerprint density at radius 3 is 2.81 bits per heavy atom. The van der Waals surface area contributed by atoms with Gasteiger partial charge in [0.05, 0.1) is 12.1 Å². The zero-order chi connectivity index (χ0) is 15.6. The van der Waals surface area contributed by atoms with Gasteiger partial charge in [-0.15, -0.1) is 0 Å². The molecule has 7 heteroatoms. The van der Waals surface area contributed by atoms with Crippen LogP contribution in [0.1, 0.15) is 25.7 Å². The zero-order valence-electron chi connectivity index (χ0n) is 11.7. The number of fused-ring (bicyclic) bond motifs is 1. The Morgan fingerprint density at radius 2 is 2.24 bits per heavy atom. The van der Waals surface area contributed by atoms with Gasteiger partial charge in [0.25, 0.3) is 0 Å². The van der Waals surface area contributed by atoms with Crippen LogP contribution in [0.4, 0.5) is 8.78 Å². The SMILES string of the molecule is COC1CCC2C(CCC(F)F)=CC(=O)NC2C1C(=O)O. The molecule has 2 N–H and O–H groups in total. The van der Waals surface area contributed by atoms with E-state index in [-0.39, 0.29) is 18.8 Å². The highest BCUT2D eigenvalue weighted by Crippen LogP contribution is 2.39. The molecule has 0 aromatic rings. The fraction of sp³-hybridized carbons (Fsp3) is 0.714. The molecule has 1 aliphatic heterocycles. The average molecular weight is 303 g/mol. The standard InChI is InChI=1S/C14H19F2NO4/c1-21-9-4-3-8-7(2-5-10(15)16)6-11(18)17-13(8)12(9)14(19)20/h6,8-10,12-13H,2-5H2,1H3,(H,17,18)(H,19,20). The van der Waals surface area contributed by atoms with Gasteiger partial charge in [-0.1, -0.05) is 5.57 Å². The number of rotatable bonds is 5. The van der Waals surface area contributed by atoms with Crippen molar-refractivity contribution >= 4 is 11.9 Å². The maximum absolute atomic E-state index is 12.4. The van der Waals surface area contributed by atoms with Crippen molar-refractivity contribution < 1.29 is 28.2 Å². The van der Waals surface area contributed by atoms with Gasteiger partial charge in [0.1, 0.15) is 5.92 Å². The lowest BCUT2D eigenvalue weighted by Crippen LogP contribution is -2.57. The van der Waals surface area contributed by atoms with Gasteiger partial charge in [-0.3, -0.25) is 9.59 Å². The van der Waals surface area contributed by atoms with Crippen molar-refractivity contribution in [3.63, 3.8) is 0 Å². The predicted octanol–water partition coefficient (Wildman–Crippen LogP) is 1.58. The second-order valence-corrected chi connectivity index (χ2v) is 5.51. The first-order valence-electron chi connectivity index (χ1n) is 6.98. The van der Waals surface area contributed by atoms with Crippen molar-refractivity contribution in [2.24, 2.45) is 11.8 Å². The minimum atomic E-state index is -2.43. The lowest BCUT2D eigenvalue weighted by Gasteiger charge is -2.43. The minimum absolute atomic E-state index is 0.121. The summed E-state index contributed by atoms with van der Waals surface area (Å²) >= 11 is 0. The zero-order valence-corrected chi connectivity index (χ0v) is 11.7. The molecule has 0 aromatic heterocycles. The van der Waals surface area contributed by atoms with Gasteiger partial charge in [0.15, 0.2) is 0 Å². The predicted molar refractivity (Wildman–Crippen MR) is 69.9 cm³/mol. The Labute approximate surface area is 121 Å². The van der Waals surface area contributed by atoms with Crippen molar-refractivity contribution in [1.82, 2.24) is 5.32 Å². The highest BCUT2D eigenvalue weighted by atomic mass is 19.3. The molecular weight excluding hydrogens is 284 g/mol. The molecule has 0 bridgehead atoms. The number of carbonyl (C=O) groups is 2. The average Bonchev–Trinajstić information content (AvgIpc) is 2.42. The summed E-state index contributed by atoms with van der Waals surface area (Å²) in [7, 11) is 1.44. The molecule has 4 atom stereocenters. The third kappa shape index (κ3) is 3.40. The molecule has 2 aliphatic rings. The number of hydrogen-bond acceptors (Lipinski definition) is 3. The molecule has 1 saturated carbocycles. The summed E-state index contributed by atoms with van der Waals surface area (Å²) in [5.41, 5.74) is 0.629. The fourth-order valence-electron chi connectivity index (χ4n) is 3.38.